The van der Waals surface area contributed by atoms with Crippen molar-refractivity contribution in [1.29, 1.82) is 0 Å². The summed E-state index contributed by atoms with van der Waals surface area (Å²) in [4.78, 5) is 41.0. The number of anilines is 1. The van der Waals surface area contributed by atoms with Crippen LogP contribution in [-0.2, 0) is 29.5 Å². The maximum absolute atomic E-state index is 13.2. The number of rotatable bonds is 11. The highest BCUT2D eigenvalue weighted by atomic mass is 32.2. The van der Waals surface area contributed by atoms with Crippen LogP contribution in [0, 0.1) is 0 Å². The monoisotopic (exact) mass is 597 g/mol. The van der Waals surface area contributed by atoms with E-state index in [0.29, 0.717) is 37.6 Å². The average Bonchev–Trinajstić information content (AvgIpc) is 3.30. The fourth-order valence-corrected chi connectivity index (χ4v) is 7.59. The number of amides is 4. The normalized spacial score (nSPS) is 13.5. The second-order valence-electron chi connectivity index (χ2n) is 9.80. The van der Waals surface area contributed by atoms with E-state index in [0.717, 1.165) is 29.8 Å². The van der Waals surface area contributed by atoms with Gasteiger partial charge in [0, 0.05) is 43.2 Å². The quantitative estimate of drug-likeness (QED) is 0.303. The second-order valence-corrected chi connectivity index (χ2v) is 12.8. The molecule has 1 aromatic heterocycles. The number of sulfonamides is 1. The van der Waals surface area contributed by atoms with Gasteiger partial charge in [0.1, 0.15) is 5.00 Å². The molecule has 4 amide bonds. The van der Waals surface area contributed by atoms with E-state index in [-0.39, 0.29) is 16.0 Å². The lowest BCUT2D eigenvalue weighted by molar-refractivity contribution is 0.0965. The molecule has 0 bridgehead atoms. The predicted molar refractivity (Wildman–Crippen MR) is 159 cm³/mol. The fourth-order valence-electron chi connectivity index (χ4n) is 4.82. The molecule has 2 heterocycles. The summed E-state index contributed by atoms with van der Waals surface area (Å²) in [5, 5.41) is 5.25. The Labute approximate surface area is 244 Å². The van der Waals surface area contributed by atoms with Crippen molar-refractivity contribution in [3.8, 4) is 0 Å². The van der Waals surface area contributed by atoms with Crippen molar-refractivity contribution >= 4 is 44.2 Å². The third-order valence-corrected chi connectivity index (χ3v) is 10.1. The molecule has 3 aromatic rings. The summed E-state index contributed by atoms with van der Waals surface area (Å²) in [5.74, 6) is -1.17. The number of thiophene rings is 1. The number of nitrogens with one attached hydrogen (secondary N) is 2. The van der Waals surface area contributed by atoms with Gasteiger partial charge < -0.3 is 11.1 Å². The van der Waals surface area contributed by atoms with Gasteiger partial charge in [-0.2, -0.15) is 4.31 Å². The lowest BCUT2D eigenvalue weighted by atomic mass is 10.0. The number of nitrogens with zero attached hydrogens (tertiary/aromatic N) is 2. The highest BCUT2D eigenvalue weighted by molar-refractivity contribution is 7.89. The van der Waals surface area contributed by atoms with E-state index in [1.54, 1.807) is 6.92 Å². The van der Waals surface area contributed by atoms with Crippen molar-refractivity contribution in [2.45, 2.75) is 51.1 Å². The number of unbranched alkanes of at least 4 members (excludes halogenated alkanes) is 1. The summed E-state index contributed by atoms with van der Waals surface area (Å²) >= 11 is 1.29. The van der Waals surface area contributed by atoms with Gasteiger partial charge in [0.25, 0.3) is 11.8 Å². The number of primary amides is 1. The Kier molecular flexibility index (Phi) is 9.92. The van der Waals surface area contributed by atoms with E-state index in [4.69, 9.17) is 5.73 Å². The smallest absolute Gasteiger partial charge is 0.319 e. The molecule has 0 saturated carbocycles. The Morgan fingerprint density at radius 1 is 1.02 bits per heavy atom. The van der Waals surface area contributed by atoms with Gasteiger partial charge in [0.15, 0.2) is 0 Å². The SMILES string of the molecule is CCCCN(CC)S(=O)(=O)c1ccc(C(=O)Nc2sc3c(c2C(=O)NC(N)=O)CCN(Cc2ccccc2)C3)cc1. The number of fused-ring (bicyclic) bond motifs is 1. The zero-order valence-electron chi connectivity index (χ0n) is 23.2. The van der Waals surface area contributed by atoms with E-state index >= 15 is 0 Å². The van der Waals surface area contributed by atoms with Crippen LogP contribution in [0.3, 0.4) is 0 Å². The molecule has 0 saturated heterocycles. The molecule has 2 aromatic carbocycles. The maximum Gasteiger partial charge on any atom is 0.319 e. The van der Waals surface area contributed by atoms with Crippen LogP contribution in [0.25, 0.3) is 0 Å². The summed E-state index contributed by atoms with van der Waals surface area (Å²) in [6, 6.07) is 14.8. The summed E-state index contributed by atoms with van der Waals surface area (Å²) in [6.07, 6.45) is 2.20. The van der Waals surface area contributed by atoms with Crippen LogP contribution in [0.1, 0.15) is 63.4 Å². The number of hydrogen-bond donors (Lipinski definition) is 3. The molecule has 1 aliphatic heterocycles. The predicted octanol–water partition coefficient (Wildman–Crippen LogP) is 4.18. The summed E-state index contributed by atoms with van der Waals surface area (Å²) in [7, 11) is -3.68. The first kappa shape index (κ1) is 30.4. The topological polar surface area (TPSA) is 142 Å². The van der Waals surface area contributed by atoms with Crippen LogP contribution in [0.4, 0.5) is 9.80 Å². The van der Waals surface area contributed by atoms with E-state index in [1.165, 1.54) is 45.5 Å². The van der Waals surface area contributed by atoms with Gasteiger partial charge in [-0.15, -0.1) is 11.3 Å². The van der Waals surface area contributed by atoms with Gasteiger partial charge >= 0.3 is 6.03 Å². The highest BCUT2D eigenvalue weighted by Gasteiger charge is 2.30. The summed E-state index contributed by atoms with van der Waals surface area (Å²) in [6.45, 7) is 6.61. The molecule has 10 nitrogen and oxygen atoms in total. The fraction of sp³-hybridized carbons (Fsp3) is 0.345. The van der Waals surface area contributed by atoms with Crippen LogP contribution in [0.2, 0.25) is 0 Å². The molecule has 0 spiro atoms. The summed E-state index contributed by atoms with van der Waals surface area (Å²) in [5.41, 5.74) is 7.63. The van der Waals surface area contributed by atoms with Crippen molar-refractivity contribution in [2.24, 2.45) is 5.73 Å². The van der Waals surface area contributed by atoms with E-state index in [2.05, 4.69) is 27.7 Å². The number of imide groups is 1. The van der Waals surface area contributed by atoms with Crippen LogP contribution >= 0.6 is 11.3 Å². The van der Waals surface area contributed by atoms with Crippen molar-refractivity contribution in [1.82, 2.24) is 14.5 Å². The van der Waals surface area contributed by atoms with Crippen molar-refractivity contribution in [2.75, 3.05) is 25.0 Å². The van der Waals surface area contributed by atoms with Crippen LogP contribution in [0.15, 0.2) is 59.5 Å². The molecule has 4 N–H and O–H groups in total. The zero-order valence-corrected chi connectivity index (χ0v) is 24.8. The highest BCUT2D eigenvalue weighted by Crippen LogP contribution is 2.38. The van der Waals surface area contributed by atoms with Crippen molar-refractivity contribution in [3.63, 3.8) is 0 Å². The Morgan fingerprint density at radius 2 is 1.73 bits per heavy atom. The van der Waals surface area contributed by atoms with Gasteiger partial charge in [-0.05, 0) is 48.2 Å². The molecule has 0 radical (unpaired) electrons. The molecule has 4 rings (SSSR count). The van der Waals surface area contributed by atoms with E-state index in [9.17, 15) is 22.8 Å². The van der Waals surface area contributed by atoms with Crippen molar-refractivity contribution in [3.05, 3.63) is 81.7 Å². The standard InChI is InChI=1S/C29H35N5O5S2/c1-3-5-16-34(4-2)41(38,39)22-13-11-21(12-14-22)26(35)31-28-25(27(36)32-29(30)37)23-15-17-33(19-24(23)40-28)18-20-9-7-6-8-10-20/h6-14H,3-5,15-19H2,1-2H3,(H,31,35)(H3,30,32,36,37). The van der Waals surface area contributed by atoms with E-state index < -0.39 is 27.9 Å². The Morgan fingerprint density at radius 3 is 2.37 bits per heavy atom. The first-order chi connectivity index (χ1) is 19.6. The van der Waals surface area contributed by atoms with Gasteiger partial charge in [0.2, 0.25) is 10.0 Å². The van der Waals surface area contributed by atoms with Crippen LogP contribution in [-0.4, -0.2) is 55.1 Å². The minimum absolute atomic E-state index is 0.110. The second kappa shape index (κ2) is 13.4. The number of hydrogen-bond acceptors (Lipinski definition) is 7. The lowest BCUT2D eigenvalue weighted by Crippen LogP contribution is -2.36. The molecule has 0 fully saturated rings. The number of benzene rings is 2. The molecule has 0 atom stereocenters. The molecule has 0 unspecified atom stereocenters. The van der Waals surface area contributed by atoms with Crippen molar-refractivity contribution < 1.29 is 22.8 Å². The van der Waals surface area contributed by atoms with Crippen LogP contribution in [0.5, 0.6) is 0 Å². The molecule has 0 aliphatic carbocycles. The Bertz CT molecular complexity index is 1500. The first-order valence-electron chi connectivity index (χ1n) is 13.6. The lowest BCUT2D eigenvalue weighted by Gasteiger charge is -2.27. The number of carbonyl (C=O) groups excluding carboxylic acids is 3. The minimum atomic E-state index is -3.68. The van der Waals surface area contributed by atoms with E-state index in [1.807, 2.05) is 25.1 Å². The third kappa shape index (κ3) is 7.20. The largest absolute Gasteiger partial charge is 0.351 e. The Balaban J connectivity index is 1.56. The van der Waals surface area contributed by atoms with Gasteiger partial charge in [-0.3, -0.25) is 19.8 Å². The molecule has 41 heavy (non-hydrogen) atoms. The number of urea groups is 1. The number of carbonyl (C=O) groups is 3. The minimum Gasteiger partial charge on any atom is -0.351 e. The maximum atomic E-state index is 13.2. The third-order valence-electron chi connectivity index (χ3n) is 6.94. The molecular formula is C29H35N5O5S2. The molecule has 1 aliphatic rings. The van der Waals surface area contributed by atoms with Gasteiger partial charge in [-0.25, -0.2) is 13.2 Å². The average molecular weight is 598 g/mol. The number of nitrogens with two attached hydrogens (primary N) is 1. The molecule has 12 heteroatoms. The molecule has 218 valence electrons. The molecular weight excluding hydrogens is 562 g/mol. The first-order valence-corrected chi connectivity index (χ1v) is 15.8. The van der Waals surface area contributed by atoms with Gasteiger partial charge in [-0.1, -0.05) is 50.6 Å². The Hall–Kier alpha value is -3.58. The zero-order chi connectivity index (χ0) is 29.6. The van der Waals surface area contributed by atoms with Crippen LogP contribution < -0.4 is 16.4 Å². The van der Waals surface area contributed by atoms with Gasteiger partial charge in [0.05, 0.1) is 10.5 Å². The summed E-state index contributed by atoms with van der Waals surface area (Å²) < 4.78 is 27.5.